The minimum absolute atomic E-state index is 0.127. The van der Waals surface area contributed by atoms with Crippen LogP contribution in [0, 0.1) is 0 Å². The standard InChI is InChI=1S/C43H86NO7PS/c1-6-11-13-15-17-19-21-23-25-27-29-31-33-35-42(45)48-39-41(40-50-52(47,53)49-38-37-44(8-3,9-4)10-5)51-43(46)36-34-32-30-28-26-24-22-20-18-16-14-12-7-2/h41H,6-40H2,1-5H3/p+1. The predicted octanol–water partition coefficient (Wildman–Crippen LogP) is 12.5. The zero-order valence-electron chi connectivity index (χ0n) is 35.5. The van der Waals surface area contributed by atoms with Crippen LogP contribution >= 0.6 is 6.72 Å². The van der Waals surface area contributed by atoms with Crippen molar-refractivity contribution in [2.24, 2.45) is 0 Å². The summed E-state index contributed by atoms with van der Waals surface area (Å²) in [6.45, 7) is 11.0. The molecule has 0 rings (SSSR count). The molecule has 0 bridgehead atoms. The molecule has 53 heavy (non-hydrogen) atoms. The maximum atomic E-state index is 12.8. The Morgan fingerprint density at radius 2 is 0.887 bits per heavy atom. The summed E-state index contributed by atoms with van der Waals surface area (Å²) in [7, 11) is 0. The molecule has 1 N–H and O–H groups in total. The molecule has 0 aliphatic rings. The summed E-state index contributed by atoms with van der Waals surface area (Å²) in [5.74, 6) is -0.657. The minimum atomic E-state index is -3.56. The molecule has 0 aliphatic heterocycles. The molecule has 0 aromatic heterocycles. The van der Waals surface area contributed by atoms with Crippen molar-refractivity contribution in [2.45, 2.75) is 221 Å². The summed E-state index contributed by atoms with van der Waals surface area (Å²) in [5.41, 5.74) is 0. The number of quaternary nitrogens is 1. The van der Waals surface area contributed by atoms with E-state index in [1.807, 2.05) is 0 Å². The Hall–Kier alpha value is -0.570. The smallest absolute Gasteiger partial charge is 0.324 e. The lowest BCUT2D eigenvalue weighted by Crippen LogP contribution is -2.49. The van der Waals surface area contributed by atoms with Gasteiger partial charge in [-0.25, -0.2) is 0 Å². The van der Waals surface area contributed by atoms with Crippen LogP contribution in [-0.4, -0.2) is 73.4 Å². The van der Waals surface area contributed by atoms with Crippen molar-refractivity contribution in [1.82, 2.24) is 0 Å². The molecule has 0 aromatic carbocycles. The fourth-order valence-corrected chi connectivity index (χ4v) is 8.05. The van der Waals surface area contributed by atoms with Gasteiger partial charge < -0.3 is 27.9 Å². The first-order valence-electron chi connectivity index (χ1n) is 22.5. The average Bonchev–Trinajstić information content (AvgIpc) is 3.15. The molecule has 10 heteroatoms. The van der Waals surface area contributed by atoms with Gasteiger partial charge in [0.05, 0.1) is 26.2 Å². The third-order valence-electron chi connectivity index (χ3n) is 11.0. The van der Waals surface area contributed by atoms with Crippen molar-refractivity contribution >= 4 is 30.5 Å². The first kappa shape index (κ1) is 52.4. The highest BCUT2D eigenvalue weighted by atomic mass is 32.5. The van der Waals surface area contributed by atoms with Crippen LogP contribution in [0.15, 0.2) is 0 Å². The van der Waals surface area contributed by atoms with E-state index in [1.54, 1.807) is 0 Å². The van der Waals surface area contributed by atoms with Gasteiger partial charge in [-0.05, 0) is 45.4 Å². The third kappa shape index (κ3) is 33.3. The third-order valence-corrected chi connectivity index (χ3v) is 12.6. The van der Waals surface area contributed by atoms with Gasteiger partial charge >= 0.3 is 18.7 Å². The lowest BCUT2D eigenvalue weighted by molar-refractivity contribution is -0.923. The second kappa shape index (κ2) is 37.0. The number of hydrogen-bond acceptors (Lipinski definition) is 7. The fraction of sp³-hybridized carbons (Fsp3) is 0.953. The Balaban J connectivity index is 4.54. The molecule has 0 saturated heterocycles. The van der Waals surface area contributed by atoms with Gasteiger partial charge in [0.2, 0.25) is 0 Å². The summed E-state index contributed by atoms with van der Waals surface area (Å²) >= 11 is 5.28. The van der Waals surface area contributed by atoms with Crippen LogP contribution in [0.1, 0.15) is 214 Å². The van der Waals surface area contributed by atoms with Crippen LogP contribution in [0.3, 0.4) is 0 Å². The van der Waals surface area contributed by atoms with Crippen molar-refractivity contribution < 1.29 is 37.5 Å². The number of unbranched alkanes of at least 4 members (excludes halogenated alkanes) is 24. The van der Waals surface area contributed by atoms with E-state index < -0.39 is 12.8 Å². The van der Waals surface area contributed by atoms with Crippen molar-refractivity contribution in [1.29, 1.82) is 0 Å². The maximum absolute atomic E-state index is 12.8. The van der Waals surface area contributed by atoms with Gasteiger partial charge in [-0.15, -0.1) is 0 Å². The van der Waals surface area contributed by atoms with Gasteiger partial charge in [-0.1, -0.05) is 168 Å². The van der Waals surface area contributed by atoms with Crippen LogP contribution < -0.4 is 0 Å². The summed E-state index contributed by atoms with van der Waals surface area (Å²) in [5, 5.41) is 0. The van der Waals surface area contributed by atoms with Crippen LogP contribution in [0.4, 0.5) is 0 Å². The van der Waals surface area contributed by atoms with Crippen molar-refractivity contribution in [3.05, 3.63) is 0 Å². The van der Waals surface area contributed by atoms with Gasteiger partial charge in [-0.3, -0.25) is 9.59 Å². The zero-order chi connectivity index (χ0) is 39.3. The second-order valence-corrected chi connectivity index (χ2v) is 18.2. The number of esters is 2. The van der Waals surface area contributed by atoms with Crippen molar-refractivity contribution in [3.63, 3.8) is 0 Å². The fourth-order valence-electron chi connectivity index (χ4n) is 6.90. The first-order valence-corrected chi connectivity index (χ1v) is 25.1. The quantitative estimate of drug-likeness (QED) is 0.0283. The number of nitrogens with zero attached hydrogens (tertiary/aromatic N) is 1. The van der Waals surface area contributed by atoms with Gasteiger partial charge in [-0.2, -0.15) is 0 Å². The van der Waals surface area contributed by atoms with Gasteiger partial charge in [0.1, 0.15) is 19.8 Å². The number of likely N-dealkylation sites (N-methyl/N-ethyl adjacent to an activating group) is 1. The molecule has 316 valence electrons. The second-order valence-electron chi connectivity index (χ2n) is 15.4. The van der Waals surface area contributed by atoms with Gasteiger partial charge in [0.25, 0.3) is 0 Å². The molecule has 0 heterocycles. The van der Waals surface area contributed by atoms with E-state index in [2.05, 4.69) is 34.6 Å². The SMILES string of the molecule is CCCCCCCCCCCCCCCC(=O)OCC(COP(O)(=S)OCC[N+](CC)(CC)CC)OC(=O)CCCCCCCCCCCCCCC. The highest BCUT2D eigenvalue weighted by Crippen LogP contribution is 2.43. The number of hydrogen-bond donors (Lipinski definition) is 1. The topological polar surface area (TPSA) is 91.3 Å². The molecule has 0 fully saturated rings. The molecular weight excluding hydrogens is 706 g/mol. The average molecular weight is 793 g/mol. The van der Waals surface area contributed by atoms with E-state index in [0.29, 0.717) is 12.8 Å². The summed E-state index contributed by atoms with van der Waals surface area (Å²) in [4.78, 5) is 36.1. The largest absolute Gasteiger partial charge is 0.462 e. The number of rotatable bonds is 41. The minimum Gasteiger partial charge on any atom is -0.462 e. The maximum Gasteiger partial charge on any atom is 0.324 e. The number of carbonyl (C=O) groups is 2. The Morgan fingerprint density at radius 3 is 1.26 bits per heavy atom. The van der Waals surface area contributed by atoms with Crippen LogP contribution in [-0.2, 0) is 39.9 Å². The monoisotopic (exact) mass is 793 g/mol. The van der Waals surface area contributed by atoms with Crippen LogP contribution in [0.2, 0.25) is 0 Å². The van der Waals surface area contributed by atoms with Gasteiger partial charge in [0.15, 0.2) is 6.10 Å². The number of carbonyl (C=O) groups excluding carboxylic acids is 2. The molecule has 0 radical (unpaired) electrons. The highest BCUT2D eigenvalue weighted by Gasteiger charge is 2.26. The lowest BCUT2D eigenvalue weighted by Gasteiger charge is -2.35. The predicted molar refractivity (Wildman–Crippen MR) is 227 cm³/mol. The molecule has 0 spiro atoms. The first-order chi connectivity index (χ1) is 25.7. The molecule has 0 aromatic rings. The molecule has 0 aliphatic carbocycles. The lowest BCUT2D eigenvalue weighted by atomic mass is 10.0. The summed E-state index contributed by atoms with van der Waals surface area (Å²) in [6, 6.07) is 0. The van der Waals surface area contributed by atoms with Crippen LogP contribution in [0.25, 0.3) is 0 Å². The molecule has 8 nitrogen and oxygen atoms in total. The molecule has 0 saturated carbocycles. The Bertz CT molecular complexity index is 880. The van der Waals surface area contributed by atoms with E-state index in [9.17, 15) is 14.5 Å². The van der Waals surface area contributed by atoms with E-state index in [0.717, 1.165) is 69.2 Å². The Morgan fingerprint density at radius 1 is 0.528 bits per heavy atom. The van der Waals surface area contributed by atoms with E-state index >= 15 is 0 Å². The van der Waals surface area contributed by atoms with E-state index in [-0.39, 0.29) is 31.8 Å². The number of ether oxygens (including phenoxy) is 2. The Kier molecular flexibility index (Phi) is 36.6. The summed E-state index contributed by atoms with van der Waals surface area (Å²) < 4.78 is 23.4. The zero-order valence-corrected chi connectivity index (χ0v) is 37.2. The highest BCUT2D eigenvalue weighted by molar-refractivity contribution is 8.07. The summed E-state index contributed by atoms with van der Waals surface area (Å²) in [6.07, 6.45) is 32.1. The normalized spacial score (nSPS) is 13.5. The Labute approximate surface area is 333 Å². The van der Waals surface area contributed by atoms with Gasteiger partial charge in [0, 0.05) is 12.8 Å². The molecule has 2 atom stereocenters. The van der Waals surface area contributed by atoms with Crippen molar-refractivity contribution in [2.75, 3.05) is 46.0 Å². The molecule has 2 unspecified atom stereocenters. The van der Waals surface area contributed by atoms with Crippen LogP contribution in [0.5, 0.6) is 0 Å². The van der Waals surface area contributed by atoms with E-state index in [4.69, 9.17) is 30.3 Å². The molecule has 0 amide bonds. The van der Waals surface area contributed by atoms with E-state index in [1.165, 1.54) is 128 Å². The molecular formula is C43H87NO7PS+. The van der Waals surface area contributed by atoms with Crippen molar-refractivity contribution in [3.8, 4) is 0 Å².